The number of esters is 1. The summed E-state index contributed by atoms with van der Waals surface area (Å²) in [6, 6.07) is 5.48. The van der Waals surface area contributed by atoms with E-state index in [1.807, 2.05) is 17.1 Å². The second-order valence-electron chi connectivity index (χ2n) is 9.70. The highest BCUT2D eigenvalue weighted by atomic mass is 16.6. The molecule has 0 bridgehead atoms. The van der Waals surface area contributed by atoms with Crippen molar-refractivity contribution >= 4 is 29.6 Å². The van der Waals surface area contributed by atoms with E-state index in [-0.39, 0.29) is 25.0 Å². The summed E-state index contributed by atoms with van der Waals surface area (Å²) in [4.78, 5) is 42.7. The van der Waals surface area contributed by atoms with Crippen LogP contribution >= 0.6 is 0 Å². The van der Waals surface area contributed by atoms with Gasteiger partial charge in [0, 0.05) is 32.1 Å². The van der Waals surface area contributed by atoms with Crippen LogP contribution in [-0.2, 0) is 25.6 Å². The number of nitrogens with zero attached hydrogens (tertiary/aromatic N) is 3. The lowest BCUT2D eigenvalue weighted by atomic mass is 10.1. The zero-order valence-electron chi connectivity index (χ0n) is 21.6. The lowest BCUT2D eigenvalue weighted by Gasteiger charge is -2.30. The smallest absolute Gasteiger partial charge is 0.413 e. The molecule has 1 saturated heterocycles. The van der Waals surface area contributed by atoms with Gasteiger partial charge in [-0.15, -0.1) is 0 Å². The lowest BCUT2D eigenvalue weighted by Crippen LogP contribution is -2.48. The molecule has 2 aliphatic heterocycles. The molecule has 0 aromatic heterocycles. The summed E-state index contributed by atoms with van der Waals surface area (Å²) in [5, 5.41) is 4.57. The molecule has 1 fully saturated rings. The van der Waals surface area contributed by atoms with Crippen LogP contribution in [-0.4, -0.2) is 72.3 Å². The zero-order valence-corrected chi connectivity index (χ0v) is 21.6. The summed E-state index contributed by atoms with van der Waals surface area (Å²) in [6.45, 7) is 9.74. The number of carbonyl (C=O) groups is 3. The molecule has 1 aromatic carbocycles. The average molecular weight is 504 g/mol. The Morgan fingerprint density at radius 2 is 1.89 bits per heavy atom. The normalized spacial score (nSPS) is 15.6. The molecule has 11 heteroatoms. The Balaban J connectivity index is 1.60. The maximum absolute atomic E-state index is 12.4. The van der Waals surface area contributed by atoms with Crippen molar-refractivity contribution in [2.45, 2.75) is 65.5 Å². The van der Waals surface area contributed by atoms with E-state index in [1.54, 1.807) is 38.7 Å². The molecule has 0 radical (unpaired) electrons. The number of ether oxygens (including phenoxy) is 3. The van der Waals surface area contributed by atoms with E-state index in [1.165, 1.54) is 0 Å². The molecule has 11 nitrogen and oxygen atoms in total. The molecular formula is C25H37N5O6. The lowest BCUT2D eigenvalue weighted by molar-refractivity contribution is -0.155. The van der Waals surface area contributed by atoms with E-state index in [9.17, 15) is 14.4 Å². The number of hydrazine groups is 1. The van der Waals surface area contributed by atoms with Gasteiger partial charge in [0.2, 0.25) is 11.9 Å². The van der Waals surface area contributed by atoms with Crippen molar-refractivity contribution in [3.8, 4) is 5.75 Å². The molecular weight excluding hydrogens is 466 g/mol. The SMILES string of the molecule is CCOC(=O)NC1=Nc2cc(OCCCC(=O)NN3CCCC3)ccc2CN1CC(=O)OC(C)(C)C. The highest BCUT2D eigenvalue weighted by Crippen LogP contribution is 2.30. The number of benzene rings is 1. The van der Waals surface area contributed by atoms with Crippen LogP contribution in [0.25, 0.3) is 0 Å². The minimum Gasteiger partial charge on any atom is -0.494 e. The number of carbonyl (C=O) groups excluding carboxylic acids is 3. The zero-order chi connectivity index (χ0) is 26.1. The molecule has 0 unspecified atom stereocenters. The number of aliphatic imine (C=N–C) groups is 1. The quantitative estimate of drug-likeness (QED) is 0.390. The van der Waals surface area contributed by atoms with E-state index < -0.39 is 17.7 Å². The number of amides is 2. The van der Waals surface area contributed by atoms with E-state index in [4.69, 9.17) is 14.2 Å². The monoisotopic (exact) mass is 503 g/mol. The van der Waals surface area contributed by atoms with Crippen molar-refractivity contribution in [1.29, 1.82) is 0 Å². The predicted molar refractivity (Wildman–Crippen MR) is 134 cm³/mol. The predicted octanol–water partition coefficient (Wildman–Crippen LogP) is 2.86. The number of alkyl carbamates (subject to hydrolysis) is 1. The Kier molecular flexibility index (Phi) is 9.51. The second-order valence-corrected chi connectivity index (χ2v) is 9.70. The van der Waals surface area contributed by atoms with Crippen LogP contribution in [0.1, 0.15) is 58.9 Å². The molecule has 2 amide bonds. The molecule has 0 spiro atoms. The molecule has 2 aliphatic rings. The second kappa shape index (κ2) is 12.6. The van der Waals surface area contributed by atoms with Crippen LogP contribution in [0.5, 0.6) is 5.75 Å². The first-order valence-electron chi connectivity index (χ1n) is 12.4. The minimum atomic E-state index is -0.659. The largest absolute Gasteiger partial charge is 0.494 e. The van der Waals surface area contributed by atoms with Crippen LogP contribution in [0.4, 0.5) is 10.5 Å². The van der Waals surface area contributed by atoms with Crippen molar-refractivity contribution in [2.75, 3.05) is 32.8 Å². The van der Waals surface area contributed by atoms with Crippen LogP contribution in [0.3, 0.4) is 0 Å². The fourth-order valence-electron chi connectivity index (χ4n) is 3.85. The highest BCUT2D eigenvalue weighted by molar-refractivity contribution is 5.97. The Morgan fingerprint density at radius 1 is 1.14 bits per heavy atom. The van der Waals surface area contributed by atoms with Crippen molar-refractivity contribution in [2.24, 2.45) is 4.99 Å². The molecule has 2 heterocycles. The Morgan fingerprint density at radius 3 is 2.58 bits per heavy atom. The topological polar surface area (TPSA) is 122 Å². The molecule has 2 N–H and O–H groups in total. The van der Waals surface area contributed by atoms with Crippen molar-refractivity contribution in [3.63, 3.8) is 0 Å². The summed E-state index contributed by atoms with van der Waals surface area (Å²) in [7, 11) is 0. The molecule has 3 rings (SSSR count). The summed E-state index contributed by atoms with van der Waals surface area (Å²) >= 11 is 0. The molecule has 0 atom stereocenters. The maximum atomic E-state index is 12.4. The van der Waals surface area contributed by atoms with E-state index in [0.717, 1.165) is 31.5 Å². The van der Waals surface area contributed by atoms with Gasteiger partial charge in [0.15, 0.2) is 0 Å². The third-order valence-electron chi connectivity index (χ3n) is 5.38. The number of nitrogens with one attached hydrogen (secondary N) is 2. The van der Waals surface area contributed by atoms with Gasteiger partial charge in [0.25, 0.3) is 0 Å². The summed E-state index contributed by atoms with van der Waals surface area (Å²) in [6.07, 6.45) is 2.53. The van der Waals surface area contributed by atoms with Crippen molar-refractivity contribution in [1.82, 2.24) is 20.7 Å². The maximum Gasteiger partial charge on any atom is 0.413 e. The van der Waals surface area contributed by atoms with Gasteiger partial charge in [-0.2, -0.15) is 0 Å². The first-order chi connectivity index (χ1) is 17.1. The van der Waals surface area contributed by atoms with Gasteiger partial charge in [-0.05, 0) is 58.6 Å². The molecule has 0 saturated carbocycles. The van der Waals surface area contributed by atoms with Gasteiger partial charge in [-0.25, -0.2) is 14.8 Å². The van der Waals surface area contributed by atoms with Gasteiger partial charge in [-0.1, -0.05) is 6.07 Å². The third kappa shape index (κ3) is 8.71. The Bertz CT molecular complexity index is 968. The van der Waals surface area contributed by atoms with Crippen LogP contribution < -0.4 is 15.5 Å². The fraction of sp³-hybridized carbons (Fsp3) is 0.600. The first-order valence-corrected chi connectivity index (χ1v) is 12.4. The van der Waals surface area contributed by atoms with Gasteiger partial charge in [0.1, 0.15) is 17.9 Å². The average Bonchev–Trinajstić information content (AvgIpc) is 3.29. The van der Waals surface area contributed by atoms with Crippen LogP contribution in [0, 0.1) is 0 Å². The molecule has 198 valence electrons. The first kappa shape index (κ1) is 27.3. The van der Waals surface area contributed by atoms with Gasteiger partial charge in [0.05, 0.1) is 18.9 Å². The summed E-state index contributed by atoms with van der Waals surface area (Å²) in [5.74, 6) is 0.365. The van der Waals surface area contributed by atoms with E-state index in [2.05, 4.69) is 15.7 Å². The number of guanidine groups is 1. The van der Waals surface area contributed by atoms with E-state index >= 15 is 0 Å². The van der Waals surface area contributed by atoms with Crippen molar-refractivity contribution in [3.05, 3.63) is 23.8 Å². The number of hydrogen-bond donors (Lipinski definition) is 2. The summed E-state index contributed by atoms with van der Waals surface area (Å²) < 4.78 is 16.2. The van der Waals surface area contributed by atoms with Gasteiger partial charge in [-0.3, -0.25) is 20.3 Å². The Hall–Kier alpha value is -3.34. The highest BCUT2D eigenvalue weighted by Gasteiger charge is 2.26. The van der Waals surface area contributed by atoms with Crippen LogP contribution in [0.2, 0.25) is 0 Å². The van der Waals surface area contributed by atoms with Crippen molar-refractivity contribution < 1.29 is 28.6 Å². The number of rotatable bonds is 9. The number of fused-ring (bicyclic) bond motifs is 1. The molecule has 1 aromatic rings. The van der Waals surface area contributed by atoms with Gasteiger partial charge < -0.3 is 19.1 Å². The van der Waals surface area contributed by atoms with Gasteiger partial charge >= 0.3 is 12.1 Å². The van der Waals surface area contributed by atoms with Crippen LogP contribution in [0.15, 0.2) is 23.2 Å². The minimum absolute atomic E-state index is 0.00435. The standard InChI is InChI=1S/C25H37N5O6/c1-5-34-24(33)27-23-26-20-15-19(35-14-8-9-21(31)28-30-12-6-7-13-30)11-10-18(20)16-29(23)17-22(32)36-25(2,3)4/h10-11,15H,5-9,12-14,16-17H2,1-4H3,(H,28,31)(H,26,27,33). The molecule has 36 heavy (non-hydrogen) atoms. The number of hydrogen-bond acceptors (Lipinski definition) is 9. The summed E-state index contributed by atoms with van der Waals surface area (Å²) in [5.41, 5.74) is 3.77. The fourth-order valence-corrected chi connectivity index (χ4v) is 3.85. The Labute approximate surface area is 212 Å². The van der Waals surface area contributed by atoms with E-state index in [0.29, 0.717) is 37.4 Å². The third-order valence-corrected chi connectivity index (χ3v) is 5.38. The molecule has 0 aliphatic carbocycles.